The van der Waals surface area contributed by atoms with Gasteiger partial charge in [0.25, 0.3) is 0 Å². The average Bonchev–Trinajstić information content (AvgIpc) is 2.97. The fraction of sp³-hybridized carbons (Fsp3) is 0.667. The Morgan fingerprint density at radius 1 is 1.16 bits per heavy atom. The van der Waals surface area contributed by atoms with E-state index in [2.05, 4.69) is 32.8 Å². The van der Waals surface area contributed by atoms with E-state index in [1.165, 1.54) is 19.3 Å². The highest BCUT2D eigenvalue weighted by molar-refractivity contribution is 5.95. The summed E-state index contributed by atoms with van der Waals surface area (Å²) in [5, 5.41) is 9.67. The van der Waals surface area contributed by atoms with Crippen LogP contribution in [0.5, 0.6) is 11.5 Å². The van der Waals surface area contributed by atoms with Crippen molar-refractivity contribution in [3.63, 3.8) is 0 Å². The van der Waals surface area contributed by atoms with Crippen molar-refractivity contribution in [2.24, 2.45) is 4.99 Å². The molecule has 2 heterocycles. The van der Waals surface area contributed by atoms with Gasteiger partial charge in [-0.05, 0) is 59.2 Å². The van der Waals surface area contributed by atoms with Gasteiger partial charge in [-0.3, -0.25) is 9.69 Å². The molecular weight excluding hydrogens is 406 g/mol. The van der Waals surface area contributed by atoms with Crippen LogP contribution >= 0.6 is 0 Å². The number of hydrogen-bond donors (Lipinski definition) is 3. The Labute approximate surface area is 192 Å². The highest BCUT2D eigenvalue weighted by Gasteiger charge is 2.18. The Bertz CT molecular complexity index is 790. The van der Waals surface area contributed by atoms with Crippen molar-refractivity contribution >= 4 is 17.6 Å². The Morgan fingerprint density at radius 3 is 2.69 bits per heavy atom. The summed E-state index contributed by atoms with van der Waals surface area (Å²) in [6.07, 6.45) is 4.69. The second-order valence-electron chi connectivity index (χ2n) is 9.61. The molecule has 0 aliphatic carbocycles. The molecule has 178 valence electrons. The second kappa shape index (κ2) is 11.4. The van der Waals surface area contributed by atoms with E-state index in [1.54, 1.807) is 0 Å². The number of benzene rings is 1. The molecule has 1 aromatic rings. The topological polar surface area (TPSA) is 87.2 Å². The summed E-state index contributed by atoms with van der Waals surface area (Å²) < 4.78 is 11.5. The first-order valence-corrected chi connectivity index (χ1v) is 11.8. The van der Waals surface area contributed by atoms with Crippen LogP contribution in [0.1, 0.15) is 53.4 Å². The normalized spacial score (nSPS) is 19.8. The quantitative estimate of drug-likeness (QED) is 0.461. The number of aliphatic imine (C=N–C) groups is 1. The fourth-order valence-electron chi connectivity index (χ4n) is 3.93. The number of amides is 1. The predicted molar refractivity (Wildman–Crippen MR) is 129 cm³/mol. The van der Waals surface area contributed by atoms with Crippen molar-refractivity contribution in [1.82, 2.24) is 15.5 Å². The number of hydrogen-bond acceptors (Lipinski definition) is 5. The third-order valence-electron chi connectivity index (χ3n) is 5.54. The number of nitrogens with zero attached hydrogens (tertiary/aromatic N) is 2. The fourth-order valence-corrected chi connectivity index (χ4v) is 3.93. The van der Waals surface area contributed by atoms with Gasteiger partial charge in [-0.15, -0.1) is 0 Å². The maximum atomic E-state index is 12.3. The third kappa shape index (κ3) is 7.89. The Morgan fingerprint density at radius 2 is 1.94 bits per heavy atom. The molecule has 1 amide bonds. The lowest BCUT2D eigenvalue weighted by Gasteiger charge is -2.33. The van der Waals surface area contributed by atoms with Crippen molar-refractivity contribution in [2.75, 3.05) is 44.7 Å². The standard InChI is InChI=1S/C24H39N5O3/c1-18-8-5-6-12-29(18)13-11-25-23(26-17-22(30)28-24(2,3)4)27-19-9-10-20-21(16-19)32-15-7-14-31-20/h9-10,16,18H,5-8,11-15,17H2,1-4H3,(H,28,30)(H2,25,26,27). The maximum absolute atomic E-state index is 12.3. The molecule has 0 radical (unpaired) electrons. The molecule has 32 heavy (non-hydrogen) atoms. The lowest BCUT2D eigenvalue weighted by Crippen LogP contribution is -2.44. The van der Waals surface area contributed by atoms with Crippen LogP contribution in [0.3, 0.4) is 0 Å². The van der Waals surface area contributed by atoms with E-state index in [-0.39, 0.29) is 18.0 Å². The van der Waals surface area contributed by atoms with Crippen molar-refractivity contribution in [3.05, 3.63) is 18.2 Å². The van der Waals surface area contributed by atoms with E-state index in [0.29, 0.717) is 25.2 Å². The predicted octanol–water partition coefficient (Wildman–Crippen LogP) is 2.99. The van der Waals surface area contributed by atoms with Crippen molar-refractivity contribution in [1.29, 1.82) is 0 Å². The number of guanidine groups is 1. The molecule has 2 aliphatic heterocycles. The molecule has 0 aromatic heterocycles. The molecule has 1 aromatic carbocycles. The molecule has 8 heteroatoms. The number of carbonyl (C=O) groups excluding carboxylic acids is 1. The smallest absolute Gasteiger partial charge is 0.242 e. The Kier molecular flexibility index (Phi) is 8.61. The molecule has 8 nitrogen and oxygen atoms in total. The van der Waals surface area contributed by atoms with Crippen LogP contribution in [-0.2, 0) is 4.79 Å². The Balaban J connectivity index is 1.64. The van der Waals surface area contributed by atoms with Gasteiger partial charge in [0.1, 0.15) is 6.54 Å². The summed E-state index contributed by atoms with van der Waals surface area (Å²) in [7, 11) is 0. The zero-order chi connectivity index (χ0) is 23.0. The summed E-state index contributed by atoms with van der Waals surface area (Å²) >= 11 is 0. The number of nitrogens with one attached hydrogen (secondary N) is 3. The molecule has 1 atom stereocenters. The number of piperidine rings is 1. The van der Waals surface area contributed by atoms with E-state index in [9.17, 15) is 4.79 Å². The van der Waals surface area contributed by atoms with E-state index in [0.717, 1.165) is 43.2 Å². The summed E-state index contributed by atoms with van der Waals surface area (Å²) in [5.41, 5.74) is 0.551. The molecule has 0 spiro atoms. The van der Waals surface area contributed by atoms with Gasteiger partial charge in [0.15, 0.2) is 17.5 Å². The molecule has 2 aliphatic rings. The number of likely N-dealkylation sites (tertiary alicyclic amines) is 1. The van der Waals surface area contributed by atoms with Gasteiger partial charge in [0.05, 0.1) is 13.2 Å². The highest BCUT2D eigenvalue weighted by Crippen LogP contribution is 2.32. The van der Waals surface area contributed by atoms with E-state index >= 15 is 0 Å². The Hall–Kier alpha value is -2.48. The van der Waals surface area contributed by atoms with Gasteiger partial charge < -0.3 is 25.4 Å². The number of ether oxygens (including phenoxy) is 2. The summed E-state index contributed by atoms with van der Waals surface area (Å²) in [6.45, 7) is 12.4. The van der Waals surface area contributed by atoms with E-state index in [4.69, 9.17) is 9.47 Å². The lowest BCUT2D eigenvalue weighted by atomic mass is 10.0. The van der Waals surface area contributed by atoms with E-state index in [1.807, 2.05) is 39.0 Å². The summed E-state index contributed by atoms with van der Waals surface area (Å²) in [6, 6.07) is 6.37. The highest BCUT2D eigenvalue weighted by atomic mass is 16.5. The number of rotatable bonds is 6. The zero-order valence-corrected chi connectivity index (χ0v) is 20.0. The van der Waals surface area contributed by atoms with Crippen LogP contribution in [-0.4, -0.2) is 67.7 Å². The summed E-state index contributed by atoms with van der Waals surface area (Å²) in [5.74, 6) is 1.94. The lowest BCUT2D eigenvalue weighted by molar-refractivity contribution is -0.121. The molecule has 0 bridgehead atoms. The van der Waals surface area contributed by atoms with Crippen LogP contribution < -0.4 is 25.4 Å². The van der Waals surface area contributed by atoms with Gasteiger partial charge in [-0.25, -0.2) is 4.99 Å². The van der Waals surface area contributed by atoms with E-state index < -0.39 is 0 Å². The molecular formula is C24H39N5O3. The van der Waals surface area contributed by atoms with Crippen LogP contribution in [0.2, 0.25) is 0 Å². The largest absolute Gasteiger partial charge is 0.490 e. The van der Waals surface area contributed by atoms with Gasteiger partial charge in [0, 0.05) is 42.8 Å². The van der Waals surface area contributed by atoms with Gasteiger partial charge in [-0.2, -0.15) is 0 Å². The van der Waals surface area contributed by atoms with Crippen molar-refractivity contribution in [3.8, 4) is 11.5 Å². The maximum Gasteiger partial charge on any atom is 0.242 e. The van der Waals surface area contributed by atoms with Gasteiger partial charge in [-0.1, -0.05) is 6.42 Å². The first kappa shape index (κ1) is 24.2. The average molecular weight is 446 g/mol. The molecule has 1 saturated heterocycles. The molecule has 1 fully saturated rings. The third-order valence-corrected chi connectivity index (χ3v) is 5.54. The van der Waals surface area contributed by atoms with Crippen LogP contribution in [0.25, 0.3) is 0 Å². The SMILES string of the molecule is CC1CCCCN1CCNC(=NCC(=O)NC(C)(C)C)Nc1ccc2c(c1)OCCCO2. The van der Waals surface area contributed by atoms with Crippen LogP contribution in [0, 0.1) is 0 Å². The molecule has 3 N–H and O–H groups in total. The van der Waals surface area contributed by atoms with Crippen molar-refractivity contribution in [2.45, 2.75) is 65.0 Å². The monoisotopic (exact) mass is 445 g/mol. The summed E-state index contributed by atoms with van der Waals surface area (Å²) in [4.78, 5) is 19.3. The zero-order valence-electron chi connectivity index (χ0n) is 20.0. The first-order chi connectivity index (χ1) is 15.3. The molecule has 1 unspecified atom stereocenters. The molecule has 0 saturated carbocycles. The number of carbonyl (C=O) groups is 1. The number of anilines is 1. The number of fused-ring (bicyclic) bond motifs is 1. The first-order valence-electron chi connectivity index (χ1n) is 11.8. The molecule has 3 rings (SSSR count). The minimum atomic E-state index is -0.285. The van der Waals surface area contributed by atoms with Crippen LogP contribution in [0.4, 0.5) is 5.69 Å². The minimum Gasteiger partial charge on any atom is -0.490 e. The van der Waals surface area contributed by atoms with Gasteiger partial charge in [0.2, 0.25) is 5.91 Å². The van der Waals surface area contributed by atoms with Gasteiger partial charge >= 0.3 is 0 Å². The van der Waals surface area contributed by atoms with Crippen LogP contribution in [0.15, 0.2) is 23.2 Å². The van der Waals surface area contributed by atoms with Crippen molar-refractivity contribution < 1.29 is 14.3 Å². The second-order valence-corrected chi connectivity index (χ2v) is 9.61. The minimum absolute atomic E-state index is 0.0528.